The highest BCUT2D eigenvalue weighted by atomic mass is 16.4. The molecule has 2 aromatic rings. The lowest BCUT2D eigenvalue weighted by Gasteiger charge is -2.23. The summed E-state index contributed by atoms with van der Waals surface area (Å²) in [6, 6.07) is 7.96. The predicted octanol–water partition coefficient (Wildman–Crippen LogP) is 4.34. The summed E-state index contributed by atoms with van der Waals surface area (Å²) in [7, 11) is 0. The highest BCUT2D eigenvalue weighted by Gasteiger charge is 2.33. The third kappa shape index (κ3) is 5.15. The number of carbonyl (C=O) groups is 2. The molecule has 4 rings (SSSR count). The molecule has 2 aliphatic rings. The molecular formula is C24H33N3O3. The lowest BCUT2D eigenvalue weighted by Crippen LogP contribution is -2.35. The van der Waals surface area contributed by atoms with E-state index in [-0.39, 0.29) is 23.8 Å². The van der Waals surface area contributed by atoms with Crippen LogP contribution in [0.3, 0.4) is 0 Å². The molecule has 162 valence electrons. The van der Waals surface area contributed by atoms with Gasteiger partial charge in [0.1, 0.15) is 5.76 Å². The van der Waals surface area contributed by atoms with E-state index in [9.17, 15) is 9.59 Å². The second-order valence-corrected chi connectivity index (χ2v) is 8.74. The van der Waals surface area contributed by atoms with Gasteiger partial charge in [0.05, 0.1) is 13.1 Å². The Morgan fingerprint density at radius 3 is 2.67 bits per heavy atom. The maximum absolute atomic E-state index is 12.6. The average Bonchev–Trinajstić information content (AvgIpc) is 3.35. The zero-order valence-corrected chi connectivity index (χ0v) is 17.9. The van der Waals surface area contributed by atoms with Gasteiger partial charge in [-0.05, 0) is 56.4 Å². The fraction of sp³-hybridized carbons (Fsp3) is 0.583. The van der Waals surface area contributed by atoms with E-state index in [2.05, 4.69) is 22.9 Å². The summed E-state index contributed by atoms with van der Waals surface area (Å²) in [6.45, 7) is 4.06. The Morgan fingerprint density at radius 1 is 1.13 bits per heavy atom. The summed E-state index contributed by atoms with van der Waals surface area (Å²) in [5.74, 6) is 1.52. The number of hydrogen-bond acceptors (Lipinski definition) is 3. The van der Waals surface area contributed by atoms with Crippen molar-refractivity contribution in [3.63, 3.8) is 0 Å². The van der Waals surface area contributed by atoms with Gasteiger partial charge in [0, 0.05) is 30.4 Å². The van der Waals surface area contributed by atoms with Crippen LogP contribution in [0.15, 0.2) is 34.9 Å². The fourth-order valence-corrected chi connectivity index (χ4v) is 4.32. The zero-order chi connectivity index (χ0) is 20.9. The maximum Gasteiger partial charge on any atom is 0.287 e. The molecule has 0 aromatic carbocycles. The Morgan fingerprint density at radius 2 is 1.93 bits per heavy atom. The van der Waals surface area contributed by atoms with Crippen LogP contribution < -0.4 is 5.32 Å². The van der Waals surface area contributed by atoms with Crippen LogP contribution in [0, 0.1) is 5.92 Å². The van der Waals surface area contributed by atoms with E-state index < -0.39 is 0 Å². The molecule has 2 amide bonds. The largest absolute Gasteiger partial charge is 0.454 e. The summed E-state index contributed by atoms with van der Waals surface area (Å²) < 4.78 is 7.95. The first-order chi connectivity index (χ1) is 14.6. The lowest BCUT2D eigenvalue weighted by molar-refractivity contribution is -0.133. The number of aromatic nitrogens is 1. The van der Waals surface area contributed by atoms with Crippen LogP contribution in [-0.4, -0.2) is 33.9 Å². The number of nitrogens with zero attached hydrogens (tertiary/aromatic N) is 2. The van der Waals surface area contributed by atoms with E-state index in [1.807, 2.05) is 23.2 Å². The molecule has 6 nitrogen and oxygen atoms in total. The minimum atomic E-state index is -0.120. The molecule has 2 fully saturated rings. The number of hydrogen-bond donors (Lipinski definition) is 1. The van der Waals surface area contributed by atoms with Crippen molar-refractivity contribution < 1.29 is 14.0 Å². The molecule has 2 heterocycles. The van der Waals surface area contributed by atoms with Gasteiger partial charge in [-0.1, -0.05) is 26.2 Å². The first-order valence-corrected chi connectivity index (χ1v) is 11.5. The SMILES string of the molecule is CCCN(Cc1cccn1Cc1ccc(C(=O)NC2CCCCC2)o1)C(=O)C1CC1. The molecule has 0 bridgehead atoms. The molecule has 0 atom stereocenters. The lowest BCUT2D eigenvalue weighted by atomic mass is 9.95. The van der Waals surface area contributed by atoms with Crippen molar-refractivity contribution in [1.29, 1.82) is 0 Å². The van der Waals surface area contributed by atoms with Crippen LogP contribution in [0.2, 0.25) is 0 Å². The van der Waals surface area contributed by atoms with E-state index in [4.69, 9.17) is 4.42 Å². The molecule has 0 radical (unpaired) electrons. The molecule has 2 aliphatic carbocycles. The van der Waals surface area contributed by atoms with Crippen molar-refractivity contribution in [2.75, 3.05) is 6.54 Å². The summed E-state index contributed by atoms with van der Waals surface area (Å²) in [5.41, 5.74) is 1.09. The summed E-state index contributed by atoms with van der Waals surface area (Å²) >= 11 is 0. The van der Waals surface area contributed by atoms with Crippen molar-refractivity contribution in [3.8, 4) is 0 Å². The van der Waals surface area contributed by atoms with Crippen LogP contribution in [-0.2, 0) is 17.9 Å². The number of rotatable bonds is 9. The monoisotopic (exact) mass is 411 g/mol. The molecule has 1 N–H and O–H groups in total. The van der Waals surface area contributed by atoms with E-state index in [1.54, 1.807) is 6.07 Å². The Kier molecular flexibility index (Phi) is 6.60. The van der Waals surface area contributed by atoms with Crippen LogP contribution in [0.25, 0.3) is 0 Å². The van der Waals surface area contributed by atoms with Crippen molar-refractivity contribution in [1.82, 2.24) is 14.8 Å². The third-order valence-corrected chi connectivity index (χ3v) is 6.16. The van der Waals surface area contributed by atoms with Gasteiger partial charge in [0.15, 0.2) is 5.76 Å². The minimum Gasteiger partial charge on any atom is -0.454 e. The van der Waals surface area contributed by atoms with Crippen LogP contribution in [0.1, 0.15) is 80.3 Å². The Labute approximate surface area is 178 Å². The Balaban J connectivity index is 1.37. The number of nitrogens with one attached hydrogen (secondary N) is 1. The summed E-state index contributed by atoms with van der Waals surface area (Å²) in [6.07, 6.45) is 10.8. The van der Waals surface area contributed by atoms with Crippen molar-refractivity contribution in [3.05, 3.63) is 47.7 Å². The molecule has 6 heteroatoms. The van der Waals surface area contributed by atoms with Gasteiger partial charge in [-0.2, -0.15) is 0 Å². The zero-order valence-electron chi connectivity index (χ0n) is 17.9. The van der Waals surface area contributed by atoms with E-state index in [0.717, 1.165) is 50.1 Å². The molecule has 0 aliphatic heterocycles. The molecule has 2 aromatic heterocycles. The molecule has 0 spiro atoms. The fourth-order valence-electron chi connectivity index (χ4n) is 4.32. The Bertz CT molecular complexity index is 859. The quantitative estimate of drug-likeness (QED) is 0.667. The van der Waals surface area contributed by atoms with Gasteiger partial charge in [-0.25, -0.2) is 0 Å². The number of carbonyl (C=O) groups excluding carboxylic acids is 2. The second kappa shape index (κ2) is 9.54. The average molecular weight is 412 g/mol. The van der Waals surface area contributed by atoms with Crippen LogP contribution >= 0.6 is 0 Å². The van der Waals surface area contributed by atoms with Crippen LogP contribution in [0.5, 0.6) is 0 Å². The number of amides is 2. The van der Waals surface area contributed by atoms with Crippen molar-refractivity contribution in [2.45, 2.75) is 77.4 Å². The van der Waals surface area contributed by atoms with E-state index in [0.29, 0.717) is 18.8 Å². The van der Waals surface area contributed by atoms with Gasteiger partial charge >= 0.3 is 0 Å². The van der Waals surface area contributed by atoms with Gasteiger partial charge in [-0.15, -0.1) is 0 Å². The number of furan rings is 1. The van der Waals surface area contributed by atoms with E-state index >= 15 is 0 Å². The van der Waals surface area contributed by atoms with E-state index in [1.165, 1.54) is 19.3 Å². The highest BCUT2D eigenvalue weighted by Crippen LogP contribution is 2.31. The van der Waals surface area contributed by atoms with Crippen molar-refractivity contribution in [2.24, 2.45) is 5.92 Å². The van der Waals surface area contributed by atoms with Crippen LogP contribution in [0.4, 0.5) is 0 Å². The normalized spacial score (nSPS) is 17.1. The first-order valence-electron chi connectivity index (χ1n) is 11.5. The maximum atomic E-state index is 12.6. The molecule has 0 unspecified atom stereocenters. The molecule has 2 saturated carbocycles. The van der Waals surface area contributed by atoms with Crippen molar-refractivity contribution >= 4 is 11.8 Å². The second-order valence-electron chi connectivity index (χ2n) is 8.74. The first kappa shape index (κ1) is 20.8. The standard InChI is InChI=1S/C24H33N3O3/c1-2-14-27(24(29)18-10-11-18)16-20-9-6-15-26(20)17-21-12-13-22(30-21)23(28)25-19-7-4-3-5-8-19/h6,9,12-13,15,18-19H,2-5,7-8,10-11,14,16-17H2,1H3,(H,25,28). The molecular weight excluding hydrogens is 378 g/mol. The van der Waals surface area contributed by atoms with Gasteiger partial charge in [0.25, 0.3) is 5.91 Å². The molecule has 30 heavy (non-hydrogen) atoms. The van der Waals surface area contributed by atoms with Gasteiger partial charge in [0.2, 0.25) is 5.91 Å². The molecule has 0 saturated heterocycles. The predicted molar refractivity (Wildman–Crippen MR) is 115 cm³/mol. The minimum absolute atomic E-state index is 0.120. The van der Waals surface area contributed by atoms with Gasteiger partial charge in [-0.3, -0.25) is 9.59 Å². The highest BCUT2D eigenvalue weighted by molar-refractivity contribution is 5.91. The Hall–Kier alpha value is -2.50. The smallest absolute Gasteiger partial charge is 0.287 e. The summed E-state index contributed by atoms with van der Waals surface area (Å²) in [5, 5.41) is 3.10. The summed E-state index contributed by atoms with van der Waals surface area (Å²) in [4.78, 5) is 27.1. The topological polar surface area (TPSA) is 67.5 Å². The third-order valence-electron chi connectivity index (χ3n) is 6.16. The van der Waals surface area contributed by atoms with Gasteiger partial charge < -0.3 is 19.2 Å².